The molecule has 1 aromatic heterocycles. The second-order valence-corrected chi connectivity index (χ2v) is 6.05. The van der Waals surface area contributed by atoms with Crippen molar-refractivity contribution in [3.63, 3.8) is 0 Å². The van der Waals surface area contributed by atoms with Gasteiger partial charge in [0.15, 0.2) is 0 Å². The molecule has 138 valence electrons. The molecule has 0 aliphatic rings. The zero-order valence-corrected chi connectivity index (χ0v) is 15.7. The predicted octanol–water partition coefficient (Wildman–Crippen LogP) is 3.50. The molecule has 0 saturated carbocycles. The fraction of sp³-hybridized carbons (Fsp3) is 0.333. The van der Waals surface area contributed by atoms with Crippen molar-refractivity contribution in [2.45, 2.75) is 26.7 Å². The van der Waals surface area contributed by atoms with E-state index in [2.05, 4.69) is 27.5 Å². The first kappa shape index (κ1) is 19.7. The summed E-state index contributed by atoms with van der Waals surface area (Å²) in [5.74, 6) is -0.526. The van der Waals surface area contributed by atoms with Gasteiger partial charge < -0.3 is 15.4 Å². The Kier molecular flexibility index (Phi) is 6.91. The van der Waals surface area contributed by atoms with Gasteiger partial charge in [0.2, 0.25) is 5.95 Å². The smallest absolute Gasteiger partial charge is 0.337 e. The molecule has 1 amide bonds. The average Bonchev–Trinajstić information content (AvgIpc) is 2.62. The van der Waals surface area contributed by atoms with E-state index < -0.39 is 5.97 Å². The molecule has 0 aliphatic heterocycles. The number of benzene rings is 1. The highest BCUT2D eigenvalue weighted by Gasteiger charge is 2.13. The van der Waals surface area contributed by atoms with Crippen LogP contribution in [0.15, 0.2) is 24.3 Å². The monoisotopic (exact) mass is 376 g/mol. The number of anilines is 2. The Balaban J connectivity index is 2.24. The van der Waals surface area contributed by atoms with Crippen molar-refractivity contribution in [2.24, 2.45) is 0 Å². The van der Waals surface area contributed by atoms with Gasteiger partial charge in [-0.2, -0.15) is 0 Å². The summed E-state index contributed by atoms with van der Waals surface area (Å²) in [5, 5.41) is 6.16. The van der Waals surface area contributed by atoms with E-state index in [9.17, 15) is 9.59 Å². The second kappa shape index (κ2) is 9.15. The number of nitrogens with zero attached hydrogens (tertiary/aromatic N) is 2. The molecule has 2 rings (SSSR count). The molecule has 0 radical (unpaired) electrons. The first-order valence-electron chi connectivity index (χ1n) is 8.23. The molecular formula is C18H21ClN4O3. The van der Waals surface area contributed by atoms with Crippen molar-refractivity contribution in [3.8, 4) is 0 Å². The van der Waals surface area contributed by atoms with Crippen LogP contribution in [0.25, 0.3) is 0 Å². The lowest BCUT2D eigenvalue weighted by atomic mass is 10.2. The Morgan fingerprint density at radius 2 is 2.00 bits per heavy atom. The molecule has 0 fully saturated rings. The molecule has 1 aromatic carbocycles. The van der Waals surface area contributed by atoms with Crippen LogP contribution in [-0.2, 0) is 4.74 Å². The third kappa shape index (κ3) is 5.16. The minimum atomic E-state index is -0.481. The van der Waals surface area contributed by atoms with Crippen LogP contribution in [-0.4, -0.2) is 35.5 Å². The van der Waals surface area contributed by atoms with Crippen LogP contribution in [0.5, 0.6) is 0 Å². The van der Waals surface area contributed by atoms with E-state index in [1.54, 1.807) is 31.2 Å². The van der Waals surface area contributed by atoms with Gasteiger partial charge in [-0.1, -0.05) is 24.9 Å². The van der Waals surface area contributed by atoms with Crippen LogP contribution in [0.3, 0.4) is 0 Å². The number of halogens is 1. The summed E-state index contributed by atoms with van der Waals surface area (Å²) in [6, 6.07) is 6.28. The summed E-state index contributed by atoms with van der Waals surface area (Å²) in [6.07, 6.45) is 1.89. The van der Waals surface area contributed by atoms with Gasteiger partial charge in [0, 0.05) is 12.2 Å². The van der Waals surface area contributed by atoms with E-state index >= 15 is 0 Å². The topological polar surface area (TPSA) is 93.2 Å². The van der Waals surface area contributed by atoms with Crippen LogP contribution in [0.1, 0.15) is 46.3 Å². The van der Waals surface area contributed by atoms with Gasteiger partial charge in [0.1, 0.15) is 5.69 Å². The van der Waals surface area contributed by atoms with Crippen molar-refractivity contribution < 1.29 is 14.3 Å². The molecule has 1 heterocycles. The Morgan fingerprint density at radius 3 is 2.69 bits per heavy atom. The molecule has 0 spiro atoms. The van der Waals surface area contributed by atoms with Gasteiger partial charge in [0.05, 0.1) is 23.4 Å². The molecule has 0 bridgehead atoms. The van der Waals surface area contributed by atoms with Crippen LogP contribution < -0.4 is 10.6 Å². The van der Waals surface area contributed by atoms with Crippen molar-refractivity contribution in [3.05, 3.63) is 46.2 Å². The van der Waals surface area contributed by atoms with Crippen LogP contribution >= 0.6 is 11.6 Å². The normalized spacial score (nSPS) is 10.3. The summed E-state index contributed by atoms with van der Waals surface area (Å²) in [6.45, 7) is 4.41. The fourth-order valence-corrected chi connectivity index (χ4v) is 2.36. The summed E-state index contributed by atoms with van der Waals surface area (Å²) in [7, 11) is 1.30. The zero-order chi connectivity index (χ0) is 19.1. The Labute approximate surface area is 157 Å². The molecule has 0 aliphatic carbocycles. The SMILES string of the molecule is CCCCNC(=O)c1cc(C)nc(Nc2cc(C(=O)OC)ccc2Cl)n1. The third-order valence-corrected chi connectivity index (χ3v) is 3.87. The molecule has 26 heavy (non-hydrogen) atoms. The van der Waals surface area contributed by atoms with Gasteiger partial charge in [-0.3, -0.25) is 4.79 Å². The average molecular weight is 377 g/mol. The maximum atomic E-state index is 12.2. The number of carbonyl (C=O) groups is 2. The molecular weight excluding hydrogens is 356 g/mol. The highest BCUT2D eigenvalue weighted by molar-refractivity contribution is 6.33. The zero-order valence-electron chi connectivity index (χ0n) is 14.9. The first-order valence-corrected chi connectivity index (χ1v) is 8.61. The minimum absolute atomic E-state index is 0.217. The summed E-state index contributed by atoms with van der Waals surface area (Å²) in [5.41, 5.74) is 1.67. The molecule has 0 atom stereocenters. The van der Waals surface area contributed by atoms with Gasteiger partial charge in [-0.25, -0.2) is 14.8 Å². The lowest BCUT2D eigenvalue weighted by Crippen LogP contribution is -2.25. The van der Waals surface area contributed by atoms with Crippen molar-refractivity contribution in [1.82, 2.24) is 15.3 Å². The number of aryl methyl sites for hydroxylation is 1. The maximum Gasteiger partial charge on any atom is 0.337 e. The molecule has 8 heteroatoms. The second-order valence-electron chi connectivity index (χ2n) is 5.64. The third-order valence-electron chi connectivity index (χ3n) is 3.54. The lowest BCUT2D eigenvalue weighted by Gasteiger charge is -2.11. The molecule has 0 saturated heterocycles. The summed E-state index contributed by atoms with van der Waals surface area (Å²) < 4.78 is 4.70. The largest absolute Gasteiger partial charge is 0.465 e. The van der Waals surface area contributed by atoms with E-state index in [0.29, 0.717) is 28.5 Å². The van der Waals surface area contributed by atoms with Crippen molar-refractivity contribution in [2.75, 3.05) is 19.0 Å². The molecule has 2 N–H and O–H groups in total. The highest BCUT2D eigenvalue weighted by atomic mass is 35.5. The molecule has 0 unspecified atom stereocenters. The predicted molar refractivity (Wildman–Crippen MR) is 100 cm³/mol. The first-order chi connectivity index (χ1) is 12.4. The summed E-state index contributed by atoms with van der Waals surface area (Å²) in [4.78, 5) is 32.4. The number of unbranched alkanes of at least 4 members (excludes halogenated alkanes) is 1. The summed E-state index contributed by atoms with van der Waals surface area (Å²) >= 11 is 6.17. The van der Waals surface area contributed by atoms with Crippen molar-refractivity contribution >= 4 is 35.1 Å². The van der Waals surface area contributed by atoms with E-state index in [1.165, 1.54) is 7.11 Å². The van der Waals surface area contributed by atoms with Crippen LogP contribution in [0.2, 0.25) is 5.02 Å². The number of esters is 1. The lowest BCUT2D eigenvalue weighted by molar-refractivity contribution is 0.0600. The van der Waals surface area contributed by atoms with Crippen molar-refractivity contribution in [1.29, 1.82) is 0 Å². The van der Waals surface area contributed by atoms with E-state index in [-0.39, 0.29) is 17.5 Å². The van der Waals surface area contributed by atoms with Gasteiger partial charge in [-0.15, -0.1) is 0 Å². The number of hydrogen-bond donors (Lipinski definition) is 2. The Morgan fingerprint density at radius 1 is 1.23 bits per heavy atom. The van der Waals surface area contributed by atoms with Gasteiger partial charge >= 0.3 is 5.97 Å². The number of amides is 1. The highest BCUT2D eigenvalue weighted by Crippen LogP contribution is 2.26. The fourth-order valence-electron chi connectivity index (χ4n) is 2.20. The van der Waals surface area contributed by atoms with E-state index in [1.807, 2.05) is 0 Å². The Bertz CT molecular complexity index is 811. The number of carbonyl (C=O) groups excluding carboxylic acids is 2. The minimum Gasteiger partial charge on any atom is -0.465 e. The molecule has 7 nitrogen and oxygen atoms in total. The Hall–Kier alpha value is -2.67. The molecule has 2 aromatic rings. The van der Waals surface area contributed by atoms with Crippen LogP contribution in [0, 0.1) is 6.92 Å². The van der Waals surface area contributed by atoms with Gasteiger partial charge in [-0.05, 0) is 37.6 Å². The maximum absolute atomic E-state index is 12.2. The number of ether oxygens (including phenoxy) is 1. The quantitative estimate of drug-likeness (QED) is 0.567. The number of rotatable bonds is 7. The number of hydrogen-bond acceptors (Lipinski definition) is 6. The number of methoxy groups -OCH3 is 1. The van der Waals surface area contributed by atoms with E-state index in [0.717, 1.165) is 12.8 Å². The van der Waals surface area contributed by atoms with Gasteiger partial charge in [0.25, 0.3) is 5.91 Å². The number of nitrogens with one attached hydrogen (secondary N) is 2. The van der Waals surface area contributed by atoms with E-state index in [4.69, 9.17) is 16.3 Å². The standard InChI is InChI=1S/C18H21ClN4O3/c1-4-5-8-20-16(24)15-9-11(2)21-18(23-15)22-14-10-12(17(25)26-3)6-7-13(14)19/h6-7,9-10H,4-5,8H2,1-3H3,(H,20,24)(H,21,22,23). The number of aromatic nitrogens is 2. The van der Waals surface area contributed by atoms with Crippen LogP contribution in [0.4, 0.5) is 11.6 Å².